The summed E-state index contributed by atoms with van der Waals surface area (Å²) in [5, 5.41) is 6.76. The first-order valence-electron chi connectivity index (χ1n) is 11.6. The summed E-state index contributed by atoms with van der Waals surface area (Å²) >= 11 is 0. The van der Waals surface area contributed by atoms with Crippen LogP contribution in [0.5, 0.6) is 0 Å². The van der Waals surface area contributed by atoms with Crippen LogP contribution in [-0.4, -0.2) is 48.6 Å². The molecule has 1 aromatic rings. The number of aryl methyl sites for hydroxylation is 1. The normalized spacial score (nSPS) is 11.2. The van der Waals surface area contributed by atoms with Crippen LogP contribution < -0.4 is 10.6 Å². The third-order valence-corrected chi connectivity index (χ3v) is 5.03. The van der Waals surface area contributed by atoms with Gasteiger partial charge in [-0.05, 0) is 27.4 Å². The maximum absolute atomic E-state index is 4.57. The second kappa shape index (κ2) is 16.6. The molecule has 0 aromatic carbocycles. The number of nitrogens with zero attached hydrogens (tertiary/aromatic N) is 3. The van der Waals surface area contributed by atoms with E-state index < -0.39 is 0 Å². The van der Waals surface area contributed by atoms with Crippen molar-refractivity contribution in [2.75, 3.05) is 44.4 Å². The molecule has 0 radical (unpaired) electrons. The van der Waals surface area contributed by atoms with Gasteiger partial charge in [-0.2, -0.15) is 4.98 Å². The van der Waals surface area contributed by atoms with E-state index in [1.54, 1.807) is 0 Å². The fraction of sp³-hybridized carbons (Fsp3) is 0.826. The van der Waals surface area contributed by atoms with Crippen molar-refractivity contribution in [3.05, 3.63) is 11.8 Å². The predicted octanol–water partition coefficient (Wildman–Crippen LogP) is 5.87. The lowest BCUT2D eigenvalue weighted by molar-refractivity contribution is 0.425. The molecule has 0 saturated heterocycles. The van der Waals surface area contributed by atoms with Gasteiger partial charge in [-0.15, -0.1) is 0 Å². The van der Waals surface area contributed by atoms with E-state index >= 15 is 0 Å². The van der Waals surface area contributed by atoms with Crippen molar-refractivity contribution in [2.45, 2.75) is 90.9 Å². The Hall–Kier alpha value is -1.36. The van der Waals surface area contributed by atoms with Crippen LogP contribution in [0, 0.1) is 6.92 Å². The van der Waals surface area contributed by atoms with Crippen molar-refractivity contribution >= 4 is 11.8 Å². The summed E-state index contributed by atoms with van der Waals surface area (Å²) in [4.78, 5) is 11.2. The van der Waals surface area contributed by atoms with Gasteiger partial charge >= 0.3 is 0 Å². The molecule has 2 N–H and O–H groups in total. The molecule has 0 fully saturated rings. The molecule has 0 unspecified atom stereocenters. The first-order chi connectivity index (χ1) is 13.6. The minimum absolute atomic E-state index is 0.746. The second-order valence-electron chi connectivity index (χ2n) is 8.26. The van der Waals surface area contributed by atoms with Crippen molar-refractivity contribution in [3.63, 3.8) is 0 Å². The molecular formula is C23H45N5. The molecule has 5 nitrogen and oxygen atoms in total. The summed E-state index contributed by atoms with van der Waals surface area (Å²) in [6, 6.07) is 2.00. The Morgan fingerprint density at radius 2 is 1.32 bits per heavy atom. The van der Waals surface area contributed by atoms with Gasteiger partial charge in [-0.3, -0.25) is 0 Å². The molecule has 0 aliphatic rings. The SMILES string of the molecule is CCCCCCCCCCCCCCNc1nc(C)cc(NCCN(C)C)n1. The van der Waals surface area contributed by atoms with Crippen molar-refractivity contribution in [3.8, 4) is 0 Å². The van der Waals surface area contributed by atoms with Crippen LogP contribution in [0.15, 0.2) is 6.07 Å². The molecule has 5 heteroatoms. The third kappa shape index (κ3) is 13.8. The molecule has 0 aliphatic heterocycles. The molecule has 0 saturated carbocycles. The van der Waals surface area contributed by atoms with Gasteiger partial charge in [0.1, 0.15) is 5.82 Å². The Morgan fingerprint density at radius 3 is 1.89 bits per heavy atom. The Morgan fingerprint density at radius 1 is 0.750 bits per heavy atom. The van der Waals surface area contributed by atoms with Gasteiger partial charge in [-0.25, -0.2) is 4.98 Å². The minimum atomic E-state index is 0.746. The number of rotatable bonds is 18. The summed E-state index contributed by atoms with van der Waals surface area (Å²) in [5.74, 6) is 1.65. The number of nitrogens with one attached hydrogen (secondary N) is 2. The van der Waals surface area contributed by atoms with E-state index in [2.05, 4.69) is 46.5 Å². The summed E-state index contributed by atoms with van der Waals surface area (Å²) in [7, 11) is 4.16. The maximum atomic E-state index is 4.57. The van der Waals surface area contributed by atoms with E-state index in [9.17, 15) is 0 Å². The van der Waals surface area contributed by atoms with Crippen LogP contribution in [0.2, 0.25) is 0 Å². The summed E-state index contributed by atoms with van der Waals surface area (Å²) < 4.78 is 0. The van der Waals surface area contributed by atoms with Crippen LogP contribution in [0.25, 0.3) is 0 Å². The summed E-state index contributed by atoms with van der Waals surface area (Å²) in [6.07, 6.45) is 16.5. The zero-order valence-corrected chi connectivity index (χ0v) is 19.0. The smallest absolute Gasteiger partial charge is 0.224 e. The van der Waals surface area contributed by atoms with Gasteiger partial charge in [0.2, 0.25) is 5.95 Å². The predicted molar refractivity (Wildman–Crippen MR) is 123 cm³/mol. The second-order valence-corrected chi connectivity index (χ2v) is 8.26. The van der Waals surface area contributed by atoms with E-state index in [0.29, 0.717) is 0 Å². The van der Waals surface area contributed by atoms with Gasteiger partial charge < -0.3 is 15.5 Å². The van der Waals surface area contributed by atoms with Gasteiger partial charge in [0.25, 0.3) is 0 Å². The average Bonchev–Trinajstić information content (AvgIpc) is 2.65. The number of unbranched alkanes of at least 4 members (excludes halogenated alkanes) is 11. The fourth-order valence-corrected chi connectivity index (χ4v) is 3.31. The van der Waals surface area contributed by atoms with Crippen molar-refractivity contribution in [2.24, 2.45) is 0 Å². The summed E-state index contributed by atoms with van der Waals surface area (Å²) in [6.45, 7) is 7.14. The first kappa shape index (κ1) is 24.7. The zero-order valence-electron chi connectivity index (χ0n) is 19.0. The van der Waals surface area contributed by atoms with Gasteiger partial charge in [0.15, 0.2) is 0 Å². The molecule has 28 heavy (non-hydrogen) atoms. The van der Waals surface area contributed by atoms with Gasteiger partial charge in [0, 0.05) is 31.4 Å². The lowest BCUT2D eigenvalue weighted by atomic mass is 10.1. The summed E-state index contributed by atoms with van der Waals surface area (Å²) in [5.41, 5.74) is 1.000. The Kier molecular flexibility index (Phi) is 14.6. The highest BCUT2D eigenvalue weighted by Crippen LogP contribution is 2.13. The number of aromatic nitrogens is 2. The minimum Gasteiger partial charge on any atom is -0.369 e. The monoisotopic (exact) mass is 391 g/mol. The van der Waals surface area contributed by atoms with Crippen molar-refractivity contribution < 1.29 is 0 Å². The molecule has 1 aromatic heterocycles. The number of hydrogen-bond donors (Lipinski definition) is 2. The lowest BCUT2D eigenvalue weighted by Crippen LogP contribution is -2.21. The highest BCUT2D eigenvalue weighted by Gasteiger charge is 2.02. The quantitative estimate of drug-likeness (QED) is 0.306. The molecule has 0 amide bonds. The molecule has 1 rings (SSSR count). The first-order valence-corrected chi connectivity index (χ1v) is 11.6. The van der Waals surface area contributed by atoms with E-state index in [4.69, 9.17) is 0 Å². The number of anilines is 2. The van der Waals surface area contributed by atoms with E-state index in [1.165, 1.54) is 77.0 Å². The van der Waals surface area contributed by atoms with Crippen LogP contribution in [-0.2, 0) is 0 Å². The van der Waals surface area contributed by atoms with Crippen LogP contribution in [0.1, 0.15) is 89.7 Å². The van der Waals surface area contributed by atoms with E-state index in [0.717, 1.165) is 37.1 Å². The molecule has 0 spiro atoms. The molecule has 0 aliphatic carbocycles. The maximum Gasteiger partial charge on any atom is 0.224 e. The van der Waals surface area contributed by atoms with Crippen LogP contribution in [0.4, 0.5) is 11.8 Å². The molecular weight excluding hydrogens is 346 g/mol. The lowest BCUT2D eigenvalue weighted by Gasteiger charge is -2.12. The Labute approximate surface area is 174 Å². The highest BCUT2D eigenvalue weighted by molar-refractivity contribution is 5.42. The molecule has 0 bridgehead atoms. The van der Waals surface area contributed by atoms with Crippen LogP contribution in [0.3, 0.4) is 0 Å². The number of likely N-dealkylation sites (N-methyl/N-ethyl adjacent to an activating group) is 1. The van der Waals surface area contributed by atoms with Crippen molar-refractivity contribution in [1.82, 2.24) is 14.9 Å². The number of hydrogen-bond acceptors (Lipinski definition) is 5. The Bertz CT molecular complexity index is 490. The molecule has 1 heterocycles. The van der Waals surface area contributed by atoms with Crippen LogP contribution >= 0.6 is 0 Å². The van der Waals surface area contributed by atoms with Gasteiger partial charge in [-0.1, -0.05) is 77.6 Å². The Balaban J connectivity index is 2.03. The molecule has 0 atom stereocenters. The average molecular weight is 392 g/mol. The molecule has 162 valence electrons. The zero-order chi connectivity index (χ0) is 20.5. The van der Waals surface area contributed by atoms with E-state index in [-0.39, 0.29) is 0 Å². The van der Waals surface area contributed by atoms with E-state index in [1.807, 2.05) is 13.0 Å². The highest BCUT2D eigenvalue weighted by atomic mass is 15.2. The topological polar surface area (TPSA) is 53.1 Å². The third-order valence-electron chi connectivity index (χ3n) is 5.03. The van der Waals surface area contributed by atoms with Gasteiger partial charge in [0.05, 0.1) is 0 Å². The standard InChI is InChI=1S/C23H45N5/c1-5-6-7-8-9-10-11-12-13-14-15-16-17-25-23-26-21(2)20-22(27-23)24-18-19-28(3)4/h20H,5-19H2,1-4H3,(H2,24,25,26,27). The fourth-order valence-electron chi connectivity index (χ4n) is 3.31. The van der Waals surface area contributed by atoms with Crippen molar-refractivity contribution in [1.29, 1.82) is 0 Å². The largest absolute Gasteiger partial charge is 0.369 e.